The summed E-state index contributed by atoms with van der Waals surface area (Å²) in [5.74, 6) is -0.293. The van der Waals surface area contributed by atoms with Gasteiger partial charge in [0.15, 0.2) is 0 Å². The molecule has 3 aromatic carbocycles. The first-order valence-corrected chi connectivity index (χ1v) is 19.2. The summed E-state index contributed by atoms with van der Waals surface area (Å²) in [6.45, 7) is 19.5. The molecule has 0 radical (unpaired) electrons. The van der Waals surface area contributed by atoms with E-state index in [1.807, 2.05) is 30.3 Å². The number of hydrogen-bond donors (Lipinski definition) is 2. The van der Waals surface area contributed by atoms with E-state index in [1.165, 1.54) is 11.1 Å². The molecule has 3 fully saturated rings. The van der Waals surface area contributed by atoms with Crippen LogP contribution in [-0.4, -0.2) is 70.7 Å². The Hall–Kier alpha value is -4.92. The maximum Gasteiger partial charge on any atom is 0.255 e. The number of nitrogens with zero attached hydrogens (tertiary/aromatic N) is 4. The molecule has 5 aliphatic rings. The molecule has 11 nitrogen and oxygen atoms in total. The standard InChI is InChI=1S/C42H45ClN6O5/c1-41(2)39(42(3,4)40(41)54-30-10-11-33(44-5)32(43)20-30)46-36(51)24-6-8-28(9-7-24)47-16-14-29(15-17-47)48-21-25-18-27-23-49(34-12-13-35(50)45-37(34)52)38(53)31(27)19-26(25)22-48/h6-11,18-20,29,34,39-40H,12-17,21-23H2,1-4H3,(H,46,51)(H,45,50,52). The first-order valence-electron chi connectivity index (χ1n) is 18.8. The van der Waals surface area contributed by atoms with Crippen LogP contribution in [0.15, 0.2) is 54.6 Å². The SMILES string of the molecule is [C-]#[N+]c1ccc(OC2C(C)(C)C(NC(=O)c3ccc(N4CCC(N5Cc6cc7c(cc6C5)C(=O)N(C5CCC(=O)NC5=O)C7)CC4)cc3)C2(C)C)cc1Cl. The molecule has 1 aliphatic carbocycles. The largest absolute Gasteiger partial charge is 0.489 e. The summed E-state index contributed by atoms with van der Waals surface area (Å²) in [5.41, 5.74) is 5.48. The van der Waals surface area contributed by atoms with Gasteiger partial charge in [-0.05, 0) is 78.4 Å². The van der Waals surface area contributed by atoms with Crippen molar-refractivity contribution in [3.8, 4) is 5.75 Å². The molecule has 3 aromatic rings. The molecule has 2 N–H and O–H groups in total. The van der Waals surface area contributed by atoms with Crippen molar-refractivity contribution in [1.29, 1.82) is 0 Å². The number of rotatable bonds is 7. The number of hydrogen-bond acceptors (Lipinski definition) is 7. The van der Waals surface area contributed by atoms with Gasteiger partial charge in [-0.3, -0.25) is 29.4 Å². The van der Waals surface area contributed by atoms with Gasteiger partial charge >= 0.3 is 0 Å². The van der Waals surface area contributed by atoms with Crippen molar-refractivity contribution < 1.29 is 23.9 Å². The summed E-state index contributed by atoms with van der Waals surface area (Å²) < 4.78 is 6.39. The maximum absolute atomic E-state index is 13.5. The second kappa shape index (κ2) is 13.4. The van der Waals surface area contributed by atoms with Crippen molar-refractivity contribution in [3.05, 3.63) is 98.9 Å². The molecule has 2 saturated heterocycles. The van der Waals surface area contributed by atoms with Crippen molar-refractivity contribution in [3.63, 3.8) is 0 Å². The Bertz CT molecular complexity index is 2080. The average Bonchev–Trinajstić information content (AvgIpc) is 3.71. The van der Waals surface area contributed by atoms with Crippen LogP contribution in [0, 0.1) is 17.4 Å². The Morgan fingerprint density at radius 3 is 2.24 bits per heavy atom. The van der Waals surface area contributed by atoms with E-state index in [-0.39, 0.29) is 53.0 Å². The summed E-state index contributed by atoms with van der Waals surface area (Å²) >= 11 is 6.26. The zero-order valence-electron chi connectivity index (χ0n) is 31.1. The Kier molecular flexibility index (Phi) is 8.97. The number of benzene rings is 3. The van der Waals surface area contributed by atoms with E-state index < -0.39 is 6.04 Å². The van der Waals surface area contributed by atoms with Gasteiger partial charge in [-0.2, -0.15) is 0 Å². The lowest BCUT2D eigenvalue weighted by Crippen LogP contribution is -2.74. The van der Waals surface area contributed by atoms with Crippen LogP contribution in [-0.2, 0) is 29.2 Å². The fourth-order valence-corrected chi connectivity index (χ4v) is 10.1. The second-order valence-electron chi connectivity index (χ2n) is 16.6. The Morgan fingerprint density at radius 1 is 0.907 bits per heavy atom. The molecule has 4 amide bonds. The van der Waals surface area contributed by atoms with Gasteiger partial charge < -0.3 is 19.9 Å². The predicted molar refractivity (Wildman–Crippen MR) is 204 cm³/mol. The summed E-state index contributed by atoms with van der Waals surface area (Å²) in [4.78, 5) is 60.9. The summed E-state index contributed by atoms with van der Waals surface area (Å²) in [6, 6.07) is 16.9. The van der Waals surface area contributed by atoms with Crippen LogP contribution in [0.25, 0.3) is 4.85 Å². The topological polar surface area (TPSA) is 116 Å². The van der Waals surface area contributed by atoms with Crippen LogP contribution in [0.4, 0.5) is 11.4 Å². The second-order valence-corrected chi connectivity index (χ2v) is 17.0. The number of amides is 4. The van der Waals surface area contributed by atoms with E-state index in [9.17, 15) is 19.2 Å². The highest BCUT2D eigenvalue weighted by atomic mass is 35.5. The lowest BCUT2D eigenvalue weighted by atomic mass is 9.49. The molecule has 0 spiro atoms. The molecule has 1 atom stereocenters. The first kappa shape index (κ1) is 36.1. The molecule has 8 rings (SSSR count). The number of carbonyl (C=O) groups excluding carboxylic acids is 4. The number of fused-ring (bicyclic) bond motifs is 2. The predicted octanol–water partition coefficient (Wildman–Crippen LogP) is 6.25. The molecule has 54 heavy (non-hydrogen) atoms. The van der Waals surface area contributed by atoms with E-state index in [4.69, 9.17) is 22.9 Å². The van der Waals surface area contributed by atoms with Gasteiger partial charge in [0.1, 0.15) is 17.9 Å². The van der Waals surface area contributed by atoms with Gasteiger partial charge in [0, 0.05) is 78.9 Å². The number of nitrogens with one attached hydrogen (secondary N) is 2. The molecule has 1 unspecified atom stereocenters. The molecule has 1 saturated carbocycles. The van der Waals surface area contributed by atoms with Crippen LogP contribution in [0.2, 0.25) is 5.02 Å². The maximum atomic E-state index is 13.5. The van der Waals surface area contributed by atoms with Gasteiger partial charge in [0.2, 0.25) is 17.5 Å². The third-order valence-electron chi connectivity index (χ3n) is 12.5. The van der Waals surface area contributed by atoms with Crippen molar-refractivity contribution in [1.82, 2.24) is 20.4 Å². The highest BCUT2D eigenvalue weighted by Gasteiger charge is 2.64. The van der Waals surface area contributed by atoms with Gasteiger partial charge in [-0.1, -0.05) is 51.4 Å². The van der Waals surface area contributed by atoms with Crippen molar-refractivity contribution in [2.24, 2.45) is 10.8 Å². The summed E-state index contributed by atoms with van der Waals surface area (Å²) in [7, 11) is 0. The van der Waals surface area contributed by atoms with Gasteiger partial charge in [-0.25, -0.2) is 4.85 Å². The quantitative estimate of drug-likeness (QED) is 0.217. The highest BCUT2D eigenvalue weighted by Crippen LogP contribution is 2.55. The van der Waals surface area contributed by atoms with Crippen molar-refractivity contribution in [2.75, 3.05) is 18.0 Å². The van der Waals surface area contributed by atoms with E-state index in [2.05, 4.69) is 59.0 Å². The minimum Gasteiger partial charge on any atom is -0.489 e. The fraction of sp³-hybridized carbons (Fsp3) is 0.452. The number of ether oxygens (including phenoxy) is 1. The molecular formula is C42H45ClN6O5. The Balaban J connectivity index is 0.836. The van der Waals surface area contributed by atoms with Crippen LogP contribution in [0.1, 0.15) is 90.8 Å². The van der Waals surface area contributed by atoms with Crippen LogP contribution in [0.3, 0.4) is 0 Å². The molecule has 280 valence electrons. The molecule has 12 heteroatoms. The minimum atomic E-state index is -0.599. The molecule has 4 aliphatic heterocycles. The number of piperidine rings is 2. The van der Waals surface area contributed by atoms with Gasteiger partial charge in [0.05, 0.1) is 11.6 Å². The minimum absolute atomic E-state index is 0.112. The molecular weight excluding hydrogens is 704 g/mol. The Labute approximate surface area is 320 Å². The zero-order chi connectivity index (χ0) is 38.1. The van der Waals surface area contributed by atoms with E-state index in [1.54, 1.807) is 23.1 Å². The zero-order valence-corrected chi connectivity index (χ0v) is 31.8. The van der Waals surface area contributed by atoms with Gasteiger partial charge in [0.25, 0.3) is 11.8 Å². The van der Waals surface area contributed by atoms with E-state index in [0.29, 0.717) is 46.6 Å². The summed E-state index contributed by atoms with van der Waals surface area (Å²) in [6.07, 6.45) is 2.48. The third kappa shape index (κ3) is 6.19. The highest BCUT2D eigenvalue weighted by molar-refractivity contribution is 6.33. The molecule has 4 heterocycles. The number of halogens is 1. The van der Waals surface area contributed by atoms with Crippen LogP contribution < -0.4 is 20.3 Å². The van der Waals surface area contributed by atoms with E-state index >= 15 is 0 Å². The molecule has 0 aromatic heterocycles. The average molecular weight is 749 g/mol. The monoisotopic (exact) mass is 748 g/mol. The summed E-state index contributed by atoms with van der Waals surface area (Å²) in [5, 5.41) is 6.02. The van der Waals surface area contributed by atoms with E-state index in [0.717, 1.165) is 50.3 Å². The lowest BCUT2D eigenvalue weighted by molar-refractivity contribution is -0.164. The number of carbonyl (C=O) groups is 4. The van der Waals surface area contributed by atoms with Crippen LogP contribution in [0.5, 0.6) is 5.75 Å². The smallest absolute Gasteiger partial charge is 0.255 e. The fourth-order valence-electron chi connectivity index (χ4n) is 9.87. The Morgan fingerprint density at radius 2 is 1.59 bits per heavy atom. The first-order chi connectivity index (χ1) is 25.7. The van der Waals surface area contributed by atoms with Gasteiger partial charge in [-0.15, -0.1) is 0 Å². The van der Waals surface area contributed by atoms with Crippen molar-refractivity contribution >= 4 is 46.6 Å². The molecule has 0 bridgehead atoms. The normalized spacial score (nSPS) is 24.7. The lowest BCUT2D eigenvalue weighted by Gasteiger charge is -2.63. The third-order valence-corrected chi connectivity index (χ3v) is 12.8. The van der Waals surface area contributed by atoms with Crippen molar-refractivity contribution in [2.45, 2.75) is 97.2 Å². The van der Waals surface area contributed by atoms with Crippen LogP contribution >= 0.6 is 11.6 Å². The number of imide groups is 1. The number of anilines is 1.